The molecule has 1 aromatic heterocycles. The summed E-state index contributed by atoms with van der Waals surface area (Å²) >= 11 is 0. The zero-order chi connectivity index (χ0) is 18.2. The summed E-state index contributed by atoms with van der Waals surface area (Å²) in [4.78, 5) is 0.149. The Bertz CT molecular complexity index is 959. The quantitative estimate of drug-likeness (QED) is 0.640. The van der Waals surface area contributed by atoms with Gasteiger partial charge in [-0.25, -0.2) is 5.12 Å². The zero-order valence-electron chi connectivity index (χ0n) is 14.7. The Hall–Kier alpha value is -2.42. The molecule has 1 aliphatic heterocycles. The molecule has 1 fully saturated rings. The van der Waals surface area contributed by atoms with Crippen LogP contribution in [0.15, 0.2) is 38.8 Å². The molecule has 0 unspecified atom stereocenters. The van der Waals surface area contributed by atoms with Crippen molar-refractivity contribution >= 4 is 33.5 Å². The SMILES string of the molecule is CCN(C=NS(=O)(=O)c1ccc2[nH]ncc2c1)N1CC2(C=N1)CCCC2. The van der Waals surface area contributed by atoms with Gasteiger partial charge in [0, 0.05) is 23.6 Å². The van der Waals surface area contributed by atoms with Crippen LogP contribution in [0.25, 0.3) is 10.9 Å². The maximum Gasteiger partial charge on any atom is 0.283 e. The van der Waals surface area contributed by atoms with Crippen LogP contribution < -0.4 is 0 Å². The minimum absolute atomic E-state index is 0.145. The number of rotatable bonds is 5. The molecule has 1 spiro atoms. The van der Waals surface area contributed by atoms with Gasteiger partial charge in [0.05, 0.1) is 23.2 Å². The van der Waals surface area contributed by atoms with Crippen molar-refractivity contribution in [2.75, 3.05) is 13.1 Å². The Morgan fingerprint density at radius 3 is 2.96 bits per heavy atom. The molecule has 1 aromatic carbocycles. The molecule has 2 heterocycles. The molecule has 2 aromatic rings. The molecular formula is C17H22N6O2S. The highest BCUT2D eigenvalue weighted by atomic mass is 32.2. The number of nitrogens with one attached hydrogen (secondary N) is 1. The average Bonchev–Trinajstić information content (AvgIpc) is 3.37. The van der Waals surface area contributed by atoms with Crippen LogP contribution in [0.1, 0.15) is 32.6 Å². The summed E-state index contributed by atoms with van der Waals surface area (Å²) in [5.74, 6) is 0. The summed E-state index contributed by atoms with van der Waals surface area (Å²) in [6.07, 6.45) is 9.72. The fourth-order valence-electron chi connectivity index (χ4n) is 3.64. The fourth-order valence-corrected chi connectivity index (χ4v) is 4.51. The van der Waals surface area contributed by atoms with Crippen molar-refractivity contribution in [3.05, 3.63) is 24.4 Å². The van der Waals surface area contributed by atoms with Crippen LogP contribution in [0.3, 0.4) is 0 Å². The predicted molar refractivity (Wildman–Crippen MR) is 100 cm³/mol. The summed E-state index contributed by atoms with van der Waals surface area (Å²) in [6.45, 7) is 3.33. The molecule has 138 valence electrons. The van der Waals surface area contributed by atoms with Crippen LogP contribution in [-0.2, 0) is 10.0 Å². The first-order chi connectivity index (χ1) is 12.5. The molecule has 0 amide bonds. The monoisotopic (exact) mass is 374 g/mol. The van der Waals surface area contributed by atoms with Crippen molar-refractivity contribution in [3.8, 4) is 0 Å². The molecule has 8 nitrogen and oxygen atoms in total. The molecule has 26 heavy (non-hydrogen) atoms. The van der Waals surface area contributed by atoms with Crippen LogP contribution in [-0.4, -0.2) is 54.4 Å². The number of benzene rings is 1. The first kappa shape index (κ1) is 17.0. The molecule has 0 radical (unpaired) electrons. The second-order valence-corrected chi connectivity index (χ2v) is 8.55. The first-order valence-corrected chi connectivity index (χ1v) is 10.3. The highest BCUT2D eigenvalue weighted by Gasteiger charge is 2.39. The predicted octanol–water partition coefficient (Wildman–Crippen LogP) is 2.38. The lowest BCUT2D eigenvalue weighted by Crippen LogP contribution is -2.40. The highest BCUT2D eigenvalue weighted by molar-refractivity contribution is 7.90. The van der Waals surface area contributed by atoms with Gasteiger partial charge in [-0.1, -0.05) is 12.8 Å². The molecule has 1 aliphatic carbocycles. The Morgan fingerprint density at radius 1 is 1.38 bits per heavy atom. The van der Waals surface area contributed by atoms with E-state index in [4.69, 9.17) is 0 Å². The molecule has 4 rings (SSSR count). The van der Waals surface area contributed by atoms with E-state index in [0.717, 1.165) is 30.3 Å². The number of aromatic nitrogens is 2. The molecule has 2 aliphatic rings. The largest absolute Gasteiger partial charge is 0.283 e. The number of aromatic amines is 1. The van der Waals surface area contributed by atoms with Crippen LogP contribution in [0.2, 0.25) is 0 Å². The number of sulfonamides is 1. The van der Waals surface area contributed by atoms with Gasteiger partial charge in [-0.3, -0.25) is 10.1 Å². The molecule has 1 saturated carbocycles. The minimum atomic E-state index is -3.78. The van der Waals surface area contributed by atoms with E-state index in [1.807, 2.05) is 18.3 Å². The molecule has 0 bridgehead atoms. The summed E-state index contributed by atoms with van der Waals surface area (Å²) in [6, 6.07) is 4.80. The van der Waals surface area contributed by atoms with E-state index in [2.05, 4.69) is 19.7 Å². The van der Waals surface area contributed by atoms with Crippen molar-refractivity contribution in [2.45, 2.75) is 37.5 Å². The van der Waals surface area contributed by atoms with Crippen LogP contribution in [0.4, 0.5) is 0 Å². The van der Waals surface area contributed by atoms with E-state index in [1.54, 1.807) is 23.3 Å². The number of H-pyrrole nitrogens is 1. The van der Waals surface area contributed by atoms with Gasteiger partial charge in [0.25, 0.3) is 10.0 Å². The number of hydrazine groups is 1. The Kier molecular flexibility index (Phi) is 4.18. The third-order valence-electron chi connectivity index (χ3n) is 5.17. The lowest BCUT2D eigenvalue weighted by Gasteiger charge is -2.29. The third-order valence-corrected chi connectivity index (χ3v) is 6.39. The van der Waals surface area contributed by atoms with Gasteiger partial charge in [0.2, 0.25) is 0 Å². The number of nitrogens with zero attached hydrogens (tertiary/aromatic N) is 5. The van der Waals surface area contributed by atoms with Gasteiger partial charge in [-0.05, 0) is 38.0 Å². The molecule has 9 heteroatoms. The summed E-state index contributed by atoms with van der Waals surface area (Å²) in [7, 11) is -3.78. The van der Waals surface area contributed by atoms with Crippen molar-refractivity contribution in [1.82, 2.24) is 20.3 Å². The van der Waals surface area contributed by atoms with E-state index in [1.165, 1.54) is 25.2 Å². The van der Waals surface area contributed by atoms with Crippen molar-refractivity contribution in [3.63, 3.8) is 0 Å². The zero-order valence-corrected chi connectivity index (χ0v) is 15.5. The smallest absolute Gasteiger partial charge is 0.278 e. The summed E-state index contributed by atoms with van der Waals surface area (Å²) in [5.41, 5.74) is 0.934. The van der Waals surface area contributed by atoms with Crippen LogP contribution in [0, 0.1) is 5.41 Å². The Balaban J connectivity index is 1.52. The summed E-state index contributed by atoms with van der Waals surface area (Å²) in [5, 5.41) is 15.5. The van der Waals surface area contributed by atoms with Gasteiger partial charge in [0.15, 0.2) is 0 Å². The maximum atomic E-state index is 12.6. The van der Waals surface area contributed by atoms with E-state index in [0.29, 0.717) is 6.54 Å². The minimum Gasteiger partial charge on any atom is -0.278 e. The second-order valence-electron chi connectivity index (χ2n) is 6.92. The topological polar surface area (TPSA) is 94.0 Å². The number of hydrogen-bond acceptors (Lipinski definition) is 5. The molecule has 1 N–H and O–H groups in total. The molecule has 0 saturated heterocycles. The van der Waals surface area contributed by atoms with Crippen molar-refractivity contribution in [1.29, 1.82) is 0 Å². The maximum absolute atomic E-state index is 12.6. The van der Waals surface area contributed by atoms with Gasteiger partial charge in [-0.2, -0.15) is 18.6 Å². The number of hydrazone groups is 1. The van der Waals surface area contributed by atoms with Gasteiger partial charge in [0.1, 0.15) is 6.34 Å². The number of hydrogen-bond donors (Lipinski definition) is 1. The second kappa shape index (κ2) is 6.39. The summed E-state index contributed by atoms with van der Waals surface area (Å²) < 4.78 is 29.0. The van der Waals surface area contributed by atoms with E-state index in [9.17, 15) is 8.42 Å². The van der Waals surface area contributed by atoms with Crippen molar-refractivity contribution < 1.29 is 8.42 Å². The fraction of sp³-hybridized carbons (Fsp3) is 0.471. The number of fused-ring (bicyclic) bond motifs is 1. The highest BCUT2D eigenvalue weighted by Crippen LogP contribution is 2.40. The Morgan fingerprint density at radius 2 is 2.19 bits per heavy atom. The van der Waals surface area contributed by atoms with Crippen LogP contribution >= 0.6 is 0 Å². The van der Waals surface area contributed by atoms with Crippen LogP contribution in [0.5, 0.6) is 0 Å². The van der Waals surface area contributed by atoms with Crippen molar-refractivity contribution in [2.24, 2.45) is 14.9 Å². The van der Waals surface area contributed by atoms with Gasteiger partial charge >= 0.3 is 0 Å². The standard InChI is InChI=1S/C17H22N6O2S/c1-2-22(23-12-17(11-19-23)7-3-4-8-17)13-20-26(24,25)15-5-6-16-14(9-15)10-18-21-16/h5-6,9-11,13H,2-4,7-8,12H2,1H3,(H,18,21). The first-order valence-electron chi connectivity index (χ1n) is 8.84. The molecule has 0 atom stereocenters. The lowest BCUT2D eigenvalue weighted by atomic mass is 9.89. The lowest BCUT2D eigenvalue weighted by molar-refractivity contribution is 0.0498. The normalized spacial score (nSPS) is 19.3. The Labute approximate surface area is 152 Å². The van der Waals surface area contributed by atoms with Gasteiger partial charge < -0.3 is 0 Å². The van der Waals surface area contributed by atoms with E-state index in [-0.39, 0.29) is 10.3 Å². The molecular weight excluding hydrogens is 352 g/mol. The average molecular weight is 374 g/mol. The van der Waals surface area contributed by atoms with Gasteiger partial charge in [-0.15, -0.1) is 4.40 Å². The van der Waals surface area contributed by atoms with E-state index >= 15 is 0 Å². The third kappa shape index (κ3) is 3.07. The van der Waals surface area contributed by atoms with E-state index < -0.39 is 10.0 Å².